The van der Waals surface area contributed by atoms with Gasteiger partial charge in [0.2, 0.25) is 11.9 Å². The molecule has 0 spiro atoms. The Hall–Kier alpha value is -3.43. The van der Waals surface area contributed by atoms with Crippen LogP contribution in [-0.4, -0.2) is 59.2 Å². The van der Waals surface area contributed by atoms with Gasteiger partial charge in [0, 0.05) is 51.0 Å². The summed E-state index contributed by atoms with van der Waals surface area (Å²) in [5, 5.41) is 0. The number of rotatable bonds is 4. The lowest BCUT2D eigenvalue weighted by molar-refractivity contribution is -0.137. The minimum atomic E-state index is -4.45. The van der Waals surface area contributed by atoms with E-state index in [4.69, 9.17) is 15.0 Å². The second-order valence-electron chi connectivity index (χ2n) is 9.45. The summed E-state index contributed by atoms with van der Waals surface area (Å²) in [7, 11) is 0. The van der Waals surface area contributed by atoms with Crippen molar-refractivity contribution >= 4 is 17.7 Å². The van der Waals surface area contributed by atoms with Gasteiger partial charge < -0.3 is 14.7 Å². The van der Waals surface area contributed by atoms with Crippen LogP contribution in [0.3, 0.4) is 0 Å². The molecule has 5 rings (SSSR count). The zero-order valence-electron chi connectivity index (χ0n) is 20.6. The van der Waals surface area contributed by atoms with Gasteiger partial charge in [0.05, 0.1) is 5.56 Å². The smallest absolute Gasteiger partial charge is 0.354 e. The third kappa shape index (κ3) is 5.08. The van der Waals surface area contributed by atoms with Gasteiger partial charge in [-0.05, 0) is 62.4 Å². The number of anilines is 3. The van der Waals surface area contributed by atoms with Crippen molar-refractivity contribution < 1.29 is 13.2 Å². The van der Waals surface area contributed by atoms with Crippen LogP contribution in [0, 0.1) is 13.8 Å². The Bertz CT molecular complexity index is 1220. The molecule has 2 aliphatic rings. The average Bonchev–Trinajstić information content (AvgIpc) is 3.30. The van der Waals surface area contributed by atoms with E-state index in [9.17, 15) is 13.2 Å². The standard InChI is InChI=1S/C26H30F3N7/c1-18-8-9-20(17-19(18)2)22-31-24(35-11-3-4-12-35)33-25(32-22)36-14-6-13-34(15-16-36)23-21(26(27,28)29)7-5-10-30-23/h5,7-10,17H,3-4,6,11-16H2,1-2H3. The van der Waals surface area contributed by atoms with Crippen LogP contribution in [0.15, 0.2) is 36.5 Å². The quantitative estimate of drug-likeness (QED) is 0.509. The van der Waals surface area contributed by atoms with Crippen molar-refractivity contribution in [3.05, 3.63) is 53.2 Å². The van der Waals surface area contributed by atoms with Crippen molar-refractivity contribution in [2.45, 2.75) is 39.3 Å². The number of aromatic nitrogens is 4. The fourth-order valence-electron chi connectivity index (χ4n) is 4.76. The van der Waals surface area contributed by atoms with Gasteiger partial charge in [-0.2, -0.15) is 28.1 Å². The van der Waals surface area contributed by atoms with Crippen LogP contribution in [-0.2, 0) is 6.18 Å². The number of hydrogen-bond acceptors (Lipinski definition) is 7. The number of alkyl halides is 3. The normalized spacial score (nSPS) is 17.0. The van der Waals surface area contributed by atoms with Gasteiger partial charge in [0.25, 0.3) is 0 Å². The molecular weight excluding hydrogens is 467 g/mol. The van der Waals surface area contributed by atoms with Gasteiger partial charge in [0.15, 0.2) is 5.82 Å². The summed E-state index contributed by atoms with van der Waals surface area (Å²) >= 11 is 0. The lowest BCUT2D eigenvalue weighted by atomic mass is 10.1. The monoisotopic (exact) mass is 497 g/mol. The summed E-state index contributed by atoms with van der Waals surface area (Å²) in [6.45, 7) is 7.95. The van der Waals surface area contributed by atoms with Crippen LogP contribution < -0.4 is 14.7 Å². The van der Waals surface area contributed by atoms with Gasteiger partial charge in [-0.15, -0.1) is 0 Å². The van der Waals surface area contributed by atoms with E-state index in [0.717, 1.165) is 37.6 Å². The lowest BCUT2D eigenvalue weighted by Gasteiger charge is -2.26. The maximum atomic E-state index is 13.6. The first-order chi connectivity index (χ1) is 17.3. The maximum Gasteiger partial charge on any atom is 0.419 e. The van der Waals surface area contributed by atoms with Gasteiger partial charge in [-0.25, -0.2) is 4.98 Å². The van der Waals surface area contributed by atoms with Crippen molar-refractivity contribution in [2.24, 2.45) is 0 Å². The van der Waals surface area contributed by atoms with Crippen LogP contribution >= 0.6 is 0 Å². The molecule has 3 aromatic rings. The summed E-state index contributed by atoms with van der Waals surface area (Å²) in [5.41, 5.74) is 2.60. The molecule has 190 valence electrons. The molecule has 10 heteroatoms. The molecule has 0 radical (unpaired) electrons. The first kappa shape index (κ1) is 24.3. The molecule has 0 saturated carbocycles. The summed E-state index contributed by atoms with van der Waals surface area (Å²) in [4.78, 5) is 24.5. The predicted octanol–water partition coefficient (Wildman–Crippen LogP) is 4.89. The van der Waals surface area contributed by atoms with E-state index in [0.29, 0.717) is 50.3 Å². The minimum absolute atomic E-state index is 0.0175. The SMILES string of the molecule is Cc1ccc(-c2nc(N3CCCC3)nc(N3CCCN(c4ncccc4C(F)(F)F)CC3)n2)cc1C. The third-order valence-corrected chi connectivity index (χ3v) is 6.94. The summed E-state index contributed by atoms with van der Waals surface area (Å²) in [6.07, 6.45) is -0.168. The molecule has 4 heterocycles. The summed E-state index contributed by atoms with van der Waals surface area (Å²) in [5.74, 6) is 1.83. The van der Waals surface area contributed by atoms with E-state index >= 15 is 0 Å². The van der Waals surface area contributed by atoms with Crippen molar-refractivity contribution in [3.63, 3.8) is 0 Å². The van der Waals surface area contributed by atoms with E-state index in [1.165, 1.54) is 23.4 Å². The largest absolute Gasteiger partial charge is 0.419 e. The second-order valence-corrected chi connectivity index (χ2v) is 9.45. The second kappa shape index (κ2) is 9.91. The molecule has 7 nitrogen and oxygen atoms in total. The fraction of sp³-hybridized carbons (Fsp3) is 0.462. The Kier molecular flexibility index (Phi) is 6.68. The number of nitrogens with zero attached hydrogens (tertiary/aromatic N) is 7. The van der Waals surface area contributed by atoms with Crippen LogP contribution in [0.1, 0.15) is 36.0 Å². The molecule has 36 heavy (non-hydrogen) atoms. The molecule has 1 aromatic carbocycles. The fourth-order valence-corrected chi connectivity index (χ4v) is 4.76. The minimum Gasteiger partial charge on any atom is -0.354 e. The molecule has 2 aromatic heterocycles. The van der Waals surface area contributed by atoms with Crippen molar-refractivity contribution in [1.29, 1.82) is 0 Å². The lowest BCUT2D eigenvalue weighted by Crippen LogP contribution is -2.33. The van der Waals surface area contributed by atoms with Gasteiger partial charge in [0.1, 0.15) is 5.82 Å². The maximum absolute atomic E-state index is 13.6. The Morgan fingerprint density at radius 1 is 0.722 bits per heavy atom. The molecule has 0 atom stereocenters. The molecule has 0 unspecified atom stereocenters. The zero-order valence-corrected chi connectivity index (χ0v) is 20.6. The number of halogens is 3. The Morgan fingerprint density at radius 3 is 2.06 bits per heavy atom. The molecule has 0 aliphatic carbocycles. The van der Waals surface area contributed by atoms with Gasteiger partial charge in [-0.3, -0.25) is 0 Å². The molecular formula is C26H30F3N7. The first-order valence-electron chi connectivity index (χ1n) is 12.4. The van der Waals surface area contributed by atoms with Crippen LogP contribution in [0.5, 0.6) is 0 Å². The Balaban J connectivity index is 1.45. The zero-order chi connectivity index (χ0) is 25.3. The van der Waals surface area contributed by atoms with E-state index in [1.807, 2.05) is 6.07 Å². The first-order valence-corrected chi connectivity index (χ1v) is 12.4. The van der Waals surface area contributed by atoms with Crippen LogP contribution in [0.4, 0.5) is 30.9 Å². The van der Waals surface area contributed by atoms with E-state index < -0.39 is 11.7 Å². The topological polar surface area (TPSA) is 61.3 Å². The third-order valence-electron chi connectivity index (χ3n) is 6.94. The summed E-state index contributed by atoms with van der Waals surface area (Å²) < 4.78 is 40.8. The van der Waals surface area contributed by atoms with Crippen LogP contribution in [0.25, 0.3) is 11.4 Å². The van der Waals surface area contributed by atoms with E-state index in [2.05, 4.69) is 40.8 Å². The summed E-state index contributed by atoms with van der Waals surface area (Å²) in [6, 6.07) is 8.61. The average molecular weight is 498 g/mol. The highest BCUT2D eigenvalue weighted by Crippen LogP contribution is 2.35. The molecule has 0 bridgehead atoms. The molecule has 2 saturated heterocycles. The number of hydrogen-bond donors (Lipinski definition) is 0. The van der Waals surface area contributed by atoms with E-state index in [1.54, 1.807) is 4.90 Å². The molecule has 0 amide bonds. The van der Waals surface area contributed by atoms with Crippen molar-refractivity contribution in [2.75, 3.05) is 54.0 Å². The highest BCUT2D eigenvalue weighted by molar-refractivity contribution is 5.61. The number of aryl methyl sites for hydroxylation is 2. The highest BCUT2D eigenvalue weighted by atomic mass is 19.4. The van der Waals surface area contributed by atoms with E-state index in [-0.39, 0.29) is 5.82 Å². The van der Waals surface area contributed by atoms with Crippen molar-refractivity contribution in [3.8, 4) is 11.4 Å². The van der Waals surface area contributed by atoms with Gasteiger partial charge >= 0.3 is 6.18 Å². The number of benzene rings is 1. The molecule has 2 fully saturated rings. The highest BCUT2D eigenvalue weighted by Gasteiger charge is 2.36. The predicted molar refractivity (Wildman–Crippen MR) is 134 cm³/mol. The Morgan fingerprint density at radius 2 is 1.36 bits per heavy atom. The Labute approximate surface area is 209 Å². The molecule has 0 N–H and O–H groups in total. The van der Waals surface area contributed by atoms with Crippen molar-refractivity contribution in [1.82, 2.24) is 19.9 Å². The molecule has 2 aliphatic heterocycles. The number of pyridine rings is 1. The van der Waals surface area contributed by atoms with Gasteiger partial charge in [-0.1, -0.05) is 12.1 Å². The van der Waals surface area contributed by atoms with Crippen LogP contribution in [0.2, 0.25) is 0 Å².